The van der Waals surface area contributed by atoms with Gasteiger partial charge in [-0.05, 0) is 28.1 Å². The van der Waals surface area contributed by atoms with Crippen LogP contribution >= 0.6 is 15.9 Å². The lowest BCUT2D eigenvalue weighted by molar-refractivity contribution is 0.619. The van der Waals surface area contributed by atoms with Crippen molar-refractivity contribution < 1.29 is 4.42 Å². The Morgan fingerprint density at radius 3 is 2.75 bits per heavy atom. The molecule has 0 aliphatic heterocycles. The van der Waals surface area contributed by atoms with E-state index in [1.165, 1.54) is 0 Å². The monoisotopic (exact) mass is 274 g/mol. The van der Waals surface area contributed by atoms with Crippen LogP contribution < -0.4 is 0 Å². The van der Waals surface area contributed by atoms with Crippen LogP contribution in [0.1, 0.15) is 0 Å². The molecule has 3 nitrogen and oxygen atoms in total. The number of rotatable bonds is 1. The van der Waals surface area contributed by atoms with Gasteiger partial charge in [-0.2, -0.15) is 4.98 Å². The van der Waals surface area contributed by atoms with Gasteiger partial charge in [0.25, 0.3) is 0 Å². The van der Waals surface area contributed by atoms with Crippen molar-refractivity contribution in [3.05, 3.63) is 47.1 Å². The van der Waals surface area contributed by atoms with Crippen LogP contribution in [0.4, 0.5) is 0 Å². The van der Waals surface area contributed by atoms with E-state index in [0.29, 0.717) is 17.1 Å². The van der Waals surface area contributed by atoms with Crippen LogP contribution in [-0.2, 0) is 0 Å². The topological polar surface area (TPSA) is 38.9 Å². The second kappa shape index (κ2) is 3.72. The molecule has 3 aromatic rings. The zero-order chi connectivity index (χ0) is 11.0. The Balaban J connectivity index is 2.19. The van der Waals surface area contributed by atoms with Crippen molar-refractivity contribution >= 4 is 27.2 Å². The van der Waals surface area contributed by atoms with E-state index in [4.69, 9.17) is 4.42 Å². The fraction of sp³-hybridized carbons (Fsp3) is 0. The molecule has 2 heterocycles. The first-order valence-corrected chi connectivity index (χ1v) is 5.60. The Kier molecular flexibility index (Phi) is 2.22. The highest BCUT2D eigenvalue weighted by molar-refractivity contribution is 9.10. The van der Waals surface area contributed by atoms with Gasteiger partial charge in [0.15, 0.2) is 11.2 Å². The summed E-state index contributed by atoms with van der Waals surface area (Å²) in [7, 11) is 0. The summed E-state index contributed by atoms with van der Waals surface area (Å²) in [6, 6.07) is 11.6. The molecule has 0 N–H and O–H groups in total. The number of fused-ring (bicyclic) bond motifs is 1. The van der Waals surface area contributed by atoms with Crippen molar-refractivity contribution in [3.63, 3.8) is 0 Å². The molecule has 0 atom stereocenters. The molecule has 0 saturated heterocycles. The number of oxazole rings is 1. The maximum atomic E-state index is 5.63. The largest absolute Gasteiger partial charge is 0.434 e. The highest BCUT2D eigenvalue weighted by Crippen LogP contribution is 2.24. The lowest BCUT2D eigenvalue weighted by atomic mass is 10.2. The molecule has 0 unspecified atom stereocenters. The summed E-state index contributed by atoms with van der Waals surface area (Å²) in [6.07, 6.45) is 1.71. The van der Waals surface area contributed by atoms with Crippen molar-refractivity contribution in [3.8, 4) is 11.5 Å². The predicted molar refractivity (Wildman–Crippen MR) is 64.9 cm³/mol. The van der Waals surface area contributed by atoms with Gasteiger partial charge in [-0.3, -0.25) is 0 Å². The molecular formula is C12H7BrN2O. The molecule has 0 spiro atoms. The first kappa shape index (κ1) is 9.54. The Labute approximate surface area is 100 Å². The summed E-state index contributed by atoms with van der Waals surface area (Å²) in [5, 5.41) is 0. The van der Waals surface area contributed by atoms with E-state index in [0.717, 1.165) is 10.0 Å². The summed E-state index contributed by atoms with van der Waals surface area (Å²) < 4.78 is 6.52. The molecule has 16 heavy (non-hydrogen) atoms. The van der Waals surface area contributed by atoms with Gasteiger partial charge in [0.2, 0.25) is 5.89 Å². The summed E-state index contributed by atoms with van der Waals surface area (Å²) in [6.45, 7) is 0. The Bertz CT molecular complexity index is 634. The Morgan fingerprint density at radius 2 is 1.94 bits per heavy atom. The number of nitrogens with zero attached hydrogens (tertiary/aromatic N) is 2. The molecule has 0 saturated carbocycles. The molecule has 0 radical (unpaired) electrons. The van der Waals surface area contributed by atoms with E-state index in [1.54, 1.807) is 6.20 Å². The third kappa shape index (κ3) is 1.61. The number of hydrogen-bond acceptors (Lipinski definition) is 3. The van der Waals surface area contributed by atoms with Gasteiger partial charge in [-0.15, -0.1) is 0 Å². The van der Waals surface area contributed by atoms with E-state index < -0.39 is 0 Å². The average Bonchev–Trinajstić information content (AvgIpc) is 2.73. The molecule has 0 amide bonds. The summed E-state index contributed by atoms with van der Waals surface area (Å²) >= 11 is 3.35. The van der Waals surface area contributed by atoms with Gasteiger partial charge in [-0.25, -0.2) is 4.98 Å². The number of aromatic nitrogens is 2. The van der Waals surface area contributed by atoms with E-state index in [-0.39, 0.29) is 0 Å². The van der Waals surface area contributed by atoms with E-state index in [9.17, 15) is 0 Å². The van der Waals surface area contributed by atoms with Crippen LogP contribution in [-0.4, -0.2) is 9.97 Å². The molecule has 0 aliphatic carbocycles. The van der Waals surface area contributed by atoms with Gasteiger partial charge in [0, 0.05) is 22.3 Å². The normalized spacial score (nSPS) is 10.8. The van der Waals surface area contributed by atoms with Crippen molar-refractivity contribution in [1.82, 2.24) is 9.97 Å². The minimum atomic E-state index is 0.598. The van der Waals surface area contributed by atoms with Gasteiger partial charge in [0.1, 0.15) is 0 Å². The lowest BCUT2D eigenvalue weighted by Crippen LogP contribution is -1.77. The number of hydrogen-bond donors (Lipinski definition) is 0. The van der Waals surface area contributed by atoms with Crippen LogP contribution in [0.5, 0.6) is 0 Å². The fourth-order valence-electron chi connectivity index (χ4n) is 1.50. The molecular weight excluding hydrogens is 268 g/mol. The zero-order valence-electron chi connectivity index (χ0n) is 8.22. The molecule has 2 aromatic heterocycles. The molecule has 0 fully saturated rings. The van der Waals surface area contributed by atoms with Gasteiger partial charge < -0.3 is 4.42 Å². The zero-order valence-corrected chi connectivity index (χ0v) is 9.81. The van der Waals surface area contributed by atoms with Crippen molar-refractivity contribution in [2.75, 3.05) is 0 Å². The van der Waals surface area contributed by atoms with Gasteiger partial charge >= 0.3 is 0 Å². The third-order valence-electron chi connectivity index (χ3n) is 2.23. The van der Waals surface area contributed by atoms with Crippen LogP contribution in [0.3, 0.4) is 0 Å². The first-order valence-electron chi connectivity index (χ1n) is 4.80. The van der Waals surface area contributed by atoms with Gasteiger partial charge in [-0.1, -0.05) is 18.2 Å². The number of pyridine rings is 1. The first-order chi connectivity index (χ1) is 7.83. The predicted octanol–water partition coefficient (Wildman–Crippen LogP) is 3.65. The minimum absolute atomic E-state index is 0.598. The van der Waals surface area contributed by atoms with Crippen molar-refractivity contribution in [2.24, 2.45) is 0 Å². The average molecular weight is 275 g/mol. The fourth-order valence-corrected chi connectivity index (χ4v) is 1.81. The van der Waals surface area contributed by atoms with Crippen LogP contribution in [0.15, 0.2) is 51.5 Å². The maximum Gasteiger partial charge on any atom is 0.228 e. The SMILES string of the molecule is Brc1cnc2nc(-c3ccccc3)oc2c1. The van der Waals surface area contributed by atoms with Crippen molar-refractivity contribution in [1.29, 1.82) is 0 Å². The van der Waals surface area contributed by atoms with E-state index in [1.807, 2.05) is 36.4 Å². The quantitative estimate of drug-likeness (QED) is 0.680. The molecule has 1 aromatic carbocycles. The second-order valence-electron chi connectivity index (χ2n) is 3.36. The third-order valence-corrected chi connectivity index (χ3v) is 2.67. The Hall–Kier alpha value is -1.68. The highest BCUT2D eigenvalue weighted by Gasteiger charge is 2.08. The molecule has 4 heteroatoms. The molecule has 3 rings (SSSR count). The standard InChI is InChI=1S/C12H7BrN2O/c13-9-6-10-11(14-7-9)15-12(16-10)8-4-2-1-3-5-8/h1-7H. The number of benzene rings is 1. The Morgan fingerprint density at radius 1 is 1.12 bits per heavy atom. The number of halogens is 1. The summed E-state index contributed by atoms with van der Waals surface area (Å²) in [5.41, 5.74) is 2.27. The van der Waals surface area contributed by atoms with Crippen molar-refractivity contribution in [2.45, 2.75) is 0 Å². The van der Waals surface area contributed by atoms with Crippen LogP contribution in [0.2, 0.25) is 0 Å². The minimum Gasteiger partial charge on any atom is -0.434 e. The van der Waals surface area contributed by atoms with E-state index in [2.05, 4.69) is 25.9 Å². The van der Waals surface area contributed by atoms with Crippen LogP contribution in [0, 0.1) is 0 Å². The highest BCUT2D eigenvalue weighted by atomic mass is 79.9. The summed E-state index contributed by atoms with van der Waals surface area (Å²) in [5.74, 6) is 0.598. The van der Waals surface area contributed by atoms with Gasteiger partial charge in [0.05, 0.1) is 0 Å². The lowest BCUT2D eigenvalue weighted by Gasteiger charge is -1.91. The van der Waals surface area contributed by atoms with Crippen LogP contribution in [0.25, 0.3) is 22.7 Å². The summed E-state index contributed by atoms with van der Waals surface area (Å²) in [4.78, 5) is 8.50. The smallest absolute Gasteiger partial charge is 0.228 e. The maximum absolute atomic E-state index is 5.63. The molecule has 0 aliphatic rings. The second-order valence-corrected chi connectivity index (χ2v) is 4.28. The molecule has 0 bridgehead atoms. The molecule has 78 valence electrons. The van der Waals surface area contributed by atoms with E-state index >= 15 is 0 Å².